The Kier molecular flexibility index (Phi) is 3.46. The van der Waals surface area contributed by atoms with E-state index in [0.29, 0.717) is 12.8 Å². The quantitative estimate of drug-likeness (QED) is 0.480. The van der Waals surface area contributed by atoms with Crippen molar-refractivity contribution in [3.63, 3.8) is 0 Å². The van der Waals surface area contributed by atoms with Crippen molar-refractivity contribution in [2.24, 2.45) is 0 Å². The molecule has 0 bridgehead atoms. The Bertz CT molecular complexity index is 234. The molecule has 2 fully saturated rings. The van der Waals surface area contributed by atoms with Crippen molar-refractivity contribution < 1.29 is 9.59 Å². The van der Waals surface area contributed by atoms with E-state index in [1.54, 1.807) is 0 Å². The van der Waals surface area contributed by atoms with Crippen LogP contribution in [0.15, 0.2) is 0 Å². The number of rotatable bonds is 0. The van der Waals surface area contributed by atoms with Crippen LogP contribution in [0, 0.1) is 0 Å². The molecule has 0 aromatic heterocycles. The summed E-state index contributed by atoms with van der Waals surface area (Å²) in [5, 5.41) is 8.08. The second-order valence-corrected chi connectivity index (χ2v) is 3.24. The van der Waals surface area contributed by atoms with E-state index in [4.69, 9.17) is 0 Å². The fourth-order valence-electron chi connectivity index (χ4n) is 1.73. The third-order valence-corrected chi connectivity index (χ3v) is 2.47. The van der Waals surface area contributed by atoms with Crippen molar-refractivity contribution in [2.45, 2.75) is 32.2 Å². The molecule has 0 radical (unpaired) electrons. The highest BCUT2D eigenvalue weighted by Gasteiger charge is 2.46. The highest BCUT2D eigenvalue weighted by Crippen LogP contribution is 2.21. The number of nitrogens with one attached hydrogen (secondary N) is 3. The summed E-state index contributed by atoms with van der Waals surface area (Å²) in [6.45, 7) is 5.57. The molecule has 2 heterocycles. The first-order valence-corrected chi connectivity index (χ1v) is 5.07. The number of amides is 3. The van der Waals surface area contributed by atoms with Crippen molar-refractivity contribution >= 4 is 11.9 Å². The molecule has 2 aliphatic heterocycles. The van der Waals surface area contributed by atoms with Gasteiger partial charge in [0.1, 0.15) is 5.54 Å². The Labute approximate surface area is 83.6 Å². The molecular weight excluding hydrogens is 182 g/mol. The zero-order chi connectivity index (χ0) is 10.6. The zero-order valence-electron chi connectivity index (χ0n) is 8.64. The molecule has 2 aliphatic rings. The maximum atomic E-state index is 11.3. The Morgan fingerprint density at radius 1 is 1.14 bits per heavy atom. The summed E-state index contributed by atoms with van der Waals surface area (Å²) in [5.74, 6) is -0.172. The third-order valence-electron chi connectivity index (χ3n) is 2.47. The molecule has 5 heteroatoms. The van der Waals surface area contributed by atoms with Crippen LogP contribution >= 0.6 is 0 Å². The summed E-state index contributed by atoms with van der Waals surface area (Å²) in [6, 6.07) is -0.359. The summed E-state index contributed by atoms with van der Waals surface area (Å²) < 4.78 is 0. The van der Waals surface area contributed by atoms with Crippen LogP contribution in [0.1, 0.15) is 26.7 Å². The molecule has 0 atom stereocenters. The normalized spacial score (nSPS) is 23.6. The molecular formula is C9H17N3O2. The van der Waals surface area contributed by atoms with E-state index in [1.807, 2.05) is 13.8 Å². The molecule has 5 nitrogen and oxygen atoms in total. The summed E-state index contributed by atoms with van der Waals surface area (Å²) >= 11 is 0. The molecule has 3 N–H and O–H groups in total. The summed E-state index contributed by atoms with van der Waals surface area (Å²) in [4.78, 5) is 22.2. The first kappa shape index (κ1) is 11.0. The van der Waals surface area contributed by atoms with E-state index in [2.05, 4.69) is 16.0 Å². The lowest BCUT2D eigenvalue weighted by Gasteiger charge is -2.30. The van der Waals surface area contributed by atoms with Gasteiger partial charge in [0.2, 0.25) is 0 Å². The van der Waals surface area contributed by atoms with E-state index < -0.39 is 5.54 Å². The molecule has 0 saturated carbocycles. The van der Waals surface area contributed by atoms with E-state index >= 15 is 0 Å². The second kappa shape index (κ2) is 4.41. The monoisotopic (exact) mass is 199 g/mol. The lowest BCUT2D eigenvalue weighted by atomic mass is 9.89. The van der Waals surface area contributed by atoms with Gasteiger partial charge >= 0.3 is 6.03 Å². The molecule has 0 aromatic carbocycles. The SMILES string of the molecule is CC.O=C1NC(=O)C2(CCNCC2)N1. The Morgan fingerprint density at radius 3 is 2.14 bits per heavy atom. The first-order chi connectivity index (χ1) is 6.73. The molecule has 0 unspecified atom stereocenters. The van der Waals surface area contributed by atoms with Crippen molar-refractivity contribution in [3.8, 4) is 0 Å². The van der Waals surface area contributed by atoms with Gasteiger partial charge in [-0.2, -0.15) is 0 Å². The second-order valence-electron chi connectivity index (χ2n) is 3.24. The number of imide groups is 1. The van der Waals surface area contributed by atoms with Crippen LogP contribution in [-0.4, -0.2) is 30.6 Å². The summed E-state index contributed by atoms with van der Waals surface area (Å²) in [6.07, 6.45) is 1.37. The number of piperidine rings is 1. The summed E-state index contributed by atoms with van der Waals surface area (Å²) in [5.41, 5.74) is -0.609. The lowest BCUT2D eigenvalue weighted by Crippen LogP contribution is -2.53. The minimum Gasteiger partial charge on any atom is -0.323 e. The number of carbonyl (C=O) groups excluding carboxylic acids is 2. The van der Waals surface area contributed by atoms with Crippen molar-refractivity contribution in [3.05, 3.63) is 0 Å². The number of urea groups is 1. The van der Waals surface area contributed by atoms with Gasteiger partial charge in [-0.05, 0) is 25.9 Å². The molecule has 2 saturated heterocycles. The fourth-order valence-corrected chi connectivity index (χ4v) is 1.73. The highest BCUT2D eigenvalue weighted by molar-refractivity contribution is 6.07. The van der Waals surface area contributed by atoms with Gasteiger partial charge < -0.3 is 10.6 Å². The smallest absolute Gasteiger partial charge is 0.322 e. The largest absolute Gasteiger partial charge is 0.323 e. The van der Waals surface area contributed by atoms with Crippen LogP contribution in [0.5, 0.6) is 0 Å². The van der Waals surface area contributed by atoms with E-state index in [0.717, 1.165) is 13.1 Å². The third kappa shape index (κ3) is 1.87. The van der Waals surface area contributed by atoms with Crippen molar-refractivity contribution in [1.82, 2.24) is 16.0 Å². The van der Waals surface area contributed by atoms with Crippen LogP contribution in [0.25, 0.3) is 0 Å². The van der Waals surface area contributed by atoms with Crippen LogP contribution in [0.3, 0.4) is 0 Å². The van der Waals surface area contributed by atoms with Crippen LogP contribution in [0.2, 0.25) is 0 Å². The van der Waals surface area contributed by atoms with E-state index in [9.17, 15) is 9.59 Å². The molecule has 80 valence electrons. The lowest BCUT2D eigenvalue weighted by molar-refractivity contribution is -0.124. The molecule has 14 heavy (non-hydrogen) atoms. The van der Waals surface area contributed by atoms with Crippen LogP contribution < -0.4 is 16.0 Å². The minimum absolute atomic E-state index is 0.172. The molecule has 0 aliphatic carbocycles. The van der Waals surface area contributed by atoms with Gasteiger partial charge in [-0.15, -0.1) is 0 Å². The van der Waals surface area contributed by atoms with Gasteiger partial charge in [0.15, 0.2) is 0 Å². The van der Waals surface area contributed by atoms with Crippen LogP contribution in [0.4, 0.5) is 4.79 Å². The van der Waals surface area contributed by atoms with E-state index in [-0.39, 0.29) is 11.9 Å². The first-order valence-electron chi connectivity index (χ1n) is 5.07. The predicted octanol–water partition coefficient (Wildman–Crippen LogP) is -0.0258. The van der Waals surface area contributed by atoms with Crippen LogP contribution in [-0.2, 0) is 4.79 Å². The van der Waals surface area contributed by atoms with Gasteiger partial charge in [0.25, 0.3) is 5.91 Å². The number of hydrogen-bond donors (Lipinski definition) is 3. The maximum Gasteiger partial charge on any atom is 0.322 e. The zero-order valence-corrected chi connectivity index (χ0v) is 8.64. The maximum absolute atomic E-state index is 11.3. The van der Waals surface area contributed by atoms with Gasteiger partial charge in [-0.25, -0.2) is 4.79 Å². The Hall–Kier alpha value is -1.10. The van der Waals surface area contributed by atoms with E-state index in [1.165, 1.54) is 0 Å². The summed E-state index contributed by atoms with van der Waals surface area (Å²) in [7, 11) is 0. The number of hydrogen-bond acceptors (Lipinski definition) is 3. The van der Waals surface area contributed by atoms with Gasteiger partial charge in [-0.3, -0.25) is 10.1 Å². The van der Waals surface area contributed by atoms with Gasteiger partial charge in [0, 0.05) is 0 Å². The topological polar surface area (TPSA) is 70.2 Å². The average molecular weight is 199 g/mol. The Morgan fingerprint density at radius 2 is 1.71 bits per heavy atom. The minimum atomic E-state index is -0.609. The molecule has 0 aromatic rings. The number of carbonyl (C=O) groups is 2. The Balaban J connectivity index is 0.000000461. The molecule has 2 rings (SSSR count). The van der Waals surface area contributed by atoms with Gasteiger partial charge in [0.05, 0.1) is 0 Å². The van der Waals surface area contributed by atoms with Gasteiger partial charge in [-0.1, -0.05) is 13.8 Å². The molecule has 3 amide bonds. The van der Waals surface area contributed by atoms with Crippen molar-refractivity contribution in [1.29, 1.82) is 0 Å². The highest BCUT2D eigenvalue weighted by atomic mass is 16.2. The van der Waals surface area contributed by atoms with Crippen molar-refractivity contribution in [2.75, 3.05) is 13.1 Å². The fraction of sp³-hybridized carbons (Fsp3) is 0.778. The molecule has 1 spiro atoms. The predicted molar refractivity (Wildman–Crippen MR) is 52.9 cm³/mol. The standard InChI is InChI=1S/C7H11N3O2.C2H6/c11-5-7(10-6(12)9-5)1-3-8-4-2-7;1-2/h8H,1-4H2,(H2,9,10,11,12);1-2H3. The average Bonchev–Trinajstić information content (AvgIpc) is 2.46.